The number of para-hydroxylation sites is 1. The molecule has 8 aromatic carbocycles. The molecule has 0 aromatic heterocycles. The van der Waals surface area contributed by atoms with Gasteiger partial charge in [0.25, 0.3) is 0 Å². The monoisotopic (exact) mass is 717 g/mol. The molecule has 3 unspecified atom stereocenters. The lowest BCUT2D eigenvalue weighted by molar-refractivity contribution is 0.656. The van der Waals surface area contributed by atoms with Crippen molar-refractivity contribution in [3.05, 3.63) is 222 Å². The van der Waals surface area contributed by atoms with Crippen molar-refractivity contribution in [1.82, 2.24) is 0 Å². The molecule has 0 amide bonds. The number of rotatable bonds is 6. The molecule has 0 spiro atoms. The van der Waals surface area contributed by atoms with E-state index in [4.69, 9.17) is 9.98 Å². The smallest absolute Gasteiger partial charge is 0.155 e. The van der Waals surface area contributed by atoms with Crippen LogP contribution in [0.25, 0.3) is 44.2 Å². The van der Waals surface area contributed by atoms with Gasteiger partial charge in [-0.3, -0.25) is 4.99 Å². The Morgan fingerprint density at radius 2 is 1.02 bits per heavy atom. The fourth-order valence-electron chi connectivity index (χ4n) is 9.53. The minimum Gasteiger partial charge on any atom is -0.374 e. The quantitative estimate of drug-likeness (QED) is 0.183. The number of nitrogens with zero attached hydrogens (tertiary/aromatic N) is 2. The second kappa shape index (κ2) is 12.9. The van der Waals surface area contributed by atoms with Crippen molar-refractivity contribution in [3.8, 4) is 33.4 Å². The molecular weight excluding hydrogens is 679 g/mol. The van der Waals surface area contributed by atoms with Crippen LogP contribution in [0.4, 0.5) is 5.69 Å². The van der Waals surface area contributed by atoms with Crippen LogP contribution in [-0.2, 0) is 5.54 Å². The molecule has 1 saturated carbocycles. The van der Waals surface area contributed by atoms with Crippen LogP contribution in [0.1, 0.15) is 40.8 Å². The minimum absolute atomic E-state index is 0.0897. The van der Waals surface area contributed by atoms with E-state index in [1.165, 1.54) is 66.5 Å². The van der Waals surface area contributed by atoms with Crippen molar-refractivity contribution in [2.45, 2.75) is 18.5 Å². The van der Waals surface area contributed by atoms with Gasteiger partial charge in [0, 0.05) is 22.7 Å². The average molecular weight is 718 g/mol. The maximum absolute atomic E-state index is 5.39. The lowest BCUT2D eigenvalue weighted by Crippen LogP contribution is -2.22. The first-order valence-electron chi connectivity index (χ1n) is 19.6. The summed E-state index contributed by atoms with van der Waals surface area (Å²) in [5.41, 5.74) is 15.5. The van der Waals surface area contributed by atoms with Crippen molar-refractivity contribution in [2.75, 3.05) is 5.32 Å². The molecule has 1 fully saturated rings. The highest BCUT2D eigenvalue weighted by Gasteiger charge is 2.67. The second-order valence-corrected chi connectivity index (χ2v) is 15.4. The zero-order valence-electron chi connectivity index (χ0n) is 31.1. The summed E-state index contributed by atoms with van der Waals surface area (Å²) in [6.45, 7) is 2.32. The van der Waals surface area contributed by atoms with E-state index in [1.807, 2.05) is 6.07 Å². The van der Waals surface area contributed by atoms with E-state index in [9.17, 15) is 0 Å². The summed E-state index contributed by atoms with van der Waals surface area (Å²) in [6.07, 6.45) is 0. The SMILES string of the molecule is C[C@@H]1C2C(c3ccc(-c4ccc(-c5ccc(C6Nc7ccccc7-c7ccccc76)cc5)c5ccccc45)cc3)=NC(c3ccccc3)=NC21c1ccccc1. The van der Waals surface area contributed by atoms with Gasteiger partial charge >= 0.3 is 0 Å². The summed E-state index contributed by atoms with van der Waals surface area (Å²) < 4.78 is 0. The molecule has 11 rings (SSSR count). The van der Waals surface area contributed by atoms with E-state index >= 15 is 0 Å². The van der Waals surface area contributed by atoms with Gasteiger partial charge in [-0.1, -0.05) is 195 Å². The van der Waals surface area contributed by atoms with Crippen molar-refractivity contribution in [3.63, 3.8) is 0 Å². The molecule has 0 radical (unpaired) electrons. The lowest BCUT2D eigenvalue weighted by Gasteiger charge is -2.30. The number of amidine groups is 1. The second-order valence-electron chi connectivity index (χ2n) is 15.4. The molecule has 3 heteroatoms. The first kappa shape index (κ1) is 32.6. The molecule has 2 aliphatic heterocycles. The topological polar surface area (TPSA) is 36.8 Å². The molecule has 3 aliphatic rings. The van der Waals surface area contributed by atoms with Crippen molar-refractivity contribution < 1.29 is 0 Å². The molecule has 1 N–H and O–H groups in total. The fraction of sp³-hybridized carbons (Fsp3) is 0.0943. The fourth-order valence-corrected chi connectivity index (χ4v) is 9.53. The van der Waals surface area contributed by atoms with E-state index in [2.05, 4.69) is 200 Å². The van der Waals surface area contributed by atoms with E-state index in [1.54, 1.807) is 0 Å². The summed E-state index contributed by atoms with van der Waals surface area (Å²) in [5, 5.41) is 6.31. The van der Waals surface area contributed by atoms with Crippen LogP contribution in [0.15, 0.2) is 204 Å². The summed E-state index contributed by atoms with van der Waals surface area (Å²) in [6, 6.07) is 70.3. The Morgan fingerprint density at radius 1 is 0.464 bits per heavy atom. The highest BCUT2D eigenvalue weighted by molar-refractivity contribution is 6.17. The van der Waals surface area contributed by atoms with Crippen LogP contribution >= 0.6 is 0 Å². The summed E-state index contributed by atoms with van der Waals surface area (Å²) in [4.78, 5) is 10.7. The number of hydrogen-bond donors (Lipinski definition) is 1. The Balaban J connectivity index is 0.922. The molecule has 8 aromatic rings. The predicted octanol–water partition coefficient (Wildman–Crippen LogP) is 12.8. The van der Waals surface area contributed by atoms with Crippen LogP contribution in [0.5, 0.6) is 0 Å². The minimum atomic E-state index is -0.296. The normalized spacial score (nSPS) is 20.5. The van der Waals surface area contributed by atoms with Crippen molar-refractivity contribution >= 4 is 28.0 Å². The Labute approximate surface area is 327 Å². The number of aliphatic imine (C=N–C) groups is 2. The number of benzene rings is 8. The van der Waals surface area contributed by atoms with E-state index in [0.717, 1.165) is 22.7 Å². The molecule has 0 bridgehead atoms. The van der Waals surface area contributed by atoms with E-state index in [0.29, 0.717) is 5.92 Å². The molecule has 3 nitrogen and oxygen atoms in total. The molecule has 266 valence electrons. The number of fused-ring (bicyclic) bond motifs is 5. The molecule has 56 heavy (non-hydrogen) atoms. The summed E-state index contributed by atoms with van der Waals surface area (Å²) >= 11 is 0. The first-order chi connectivity index (χ1) is 27.7. The standard InChI is InChI=1S/C53H39N3/c1-34-49-51(55-52(39-14-4-2-5-15-39)56-53(34,49)40-16-6-3-7-17-40)38-30-26-36(27-31-38)42-33-32-41(43-18-8-9-19-44(42)43)35-24-28-37(29-25-35)50-47-22-11-10-20-45(47)46-21-12-13-23-48(46)54-50/h2-34,49-50,54H,1H3/t34-,49?,50?,53?/m1/s1. The van der Waals surface area contributed by atoms with Gasteiger partial charge in [-0.2, -0.15) is 0 Å². The van der Waals surface area contributed by atoms with Crippen LogP contribution in [0, 0.1) is 11.8 Å². The molecular formula is C53H39N3. The summed E-state index contributed by atoms with van der Waals surface area (Å²) in [5.74, 6) is 1.39. The molecule has 1 aliphatic carbocycles. The van der Waals surface area contributed by atoms with Crippen LogP contribution in [0.2, 0.25) is 0 Å². The number of nitrogens with one attached hydrogen (secondary N) is 1. The largest absolute Gasteiger partial charge is 0.374 e. The number of hydrogen-bond acceptors (Lipinski definition) is 3. The van der Waals surface area contributed by atoms with Gasteiger partial charge in [0.15, 0.2) is 5.84 Å². The Kier molecular flexibility index (Phi) is 7.50. The Morgan fingerprint density at radius 3 is 1.71 bits per heavy atom. The number of anilines is 1. The van der Waals surface area contributed by atoms with Crippen LogP contribution < -0.4 is 5.32 Å². The highest BCUT2D eigenvalue weighted by atomic mass is 15.1. The van der Waals surface area contributed by atoms with E-state index < -0.39 is 0 Å². The van der Waals surface area contributed by atoms with Gasteiger partial charge in [0.05, 0.1) is 11.8 Å². The van der Waals surface area contributed by atoms with Gasteiger partial charge in [-0.25, -0.2) is 4.99 Å². The van der Waals surface area contributed by atoms with E-state index in [-0.39, 0.29) is 17.5 Å². The maximum Gasteiger partial charge on any atom is 0.155 e. The van der Waals surface area contributed by atoms with Crippen LogP contribution in [-0.4, -0.2) is 11.5 Å². The van der Waals surface area contributed by atoms with Gasteiger partial charge in [0.1, 0.15) is 5.54 Å². The van der Waals surface area contributed by atoms with Crippen molar-refractivity contribution in [2.24, 2.45) is 21.8 Å². The average Bonchev–Trinajstić information content (AvgIpc) is 3.90. The Bertz CT molecular complexity index is 2840. The highest BCUT2D eigenvalue weighted by Crippen LogP contribution is 2.63. The van der Waals surface area contributed by atoms with Gasteiger partial charge in [-0.15, -0.1) is 0 Å². The predicted molar refractivity (Wildman–Crippen MR) is 232 cm³/mol. The first-order valence-corrected chi connectivity index (χ1v) is 19.6. The third kappa shape index (κ3) is 5.12. The van der Waals surface area contributed by atoms with Crippen molar-refractivity contribution in [1.29, 1.82) is 0 Å². The van der Waals surface area contributed by atoms with Crippen LogP contribution in [0.3, 0.4) is 0 Å². The van der Waals surface area contributed by atoms with Gasteiger partial charge in [0.2, 0.25) is 0 Å². The Hall–Kier alpha value is -6.84. The zero-order chi connectivity index (χ0) is 37.2. The lowest BCUT2D eigenvalue weighted by atomic mass is 9.86. The van der Waals surface area contributed by atoms with Gasteiger partial charge < -0.3 is 5.32 Å². The molecule has 2 heterocycles. The third-order valence-corrected chi connectivity index (χ3v) is 12.4. The summed E-state index contributed by atoms with van der Waals surface area (Å²) in [7, 11) is 0. The zero-order valence-corrected chi connectivity index (χ0v) is 31.1. The third-order valence-electron chi connectivity index (χ3n) is 12.4. The maximum atomic E-state index is 5.39. The molecule has 0 saturated heterocycles. The molecule has 4 atom stereocenters. The van der Waals surface area contributed by atoms with Gasteiger partial charge in [-0.05, 0) is 72.8 Å².